The van der Waals surface area contributed by atoms with Crippen molar-refractivity contribution in [1.82, 2.24) is 10.6 Å². The molecular weight excluding hydrogens is 351 g/mol. The van der Waals surface area contributed by atoms with Gasteiger partial charge in [-0.15, -0.1) is 12.4 Å². The van der Waals surface area contributed by atoms with E-state index < -0.39 is 24.7 Å². The zero-order valence-electron chi connectivity index (χ0n) is 12.5. The zero-order chi connectivity index (χ0) is 16.9. The molecule has 0 aliphatic carbocycles. The van der Waals surface area contributed by atoms with Crippen molar-refractivity contribution in [1.29, 1.82) is 0 Å². The molecule has 2 rings (SSSR count). The van der Waals surface area contributed by atoms with E-state index in [0.29, 0.717) is 25.4 Å². The number of hydrogen-bond donors (Lipinski definition) is 3. The molecule has 10 heteroatoms. The lowest BCUT2D eigenvalue weighted by molar-refractivity contribution is -0.128. The topological polar surface area (TPSA) is 79.5 Å². The van der Waals surface area contributed by atoms with Gasteiger partial charge in [0.25, 0.3) is 11.8 Å². The highest BCUT2D eigenvalue weighted by atomic mass is 35.5. The minimum Gasteiger partial charge on any atom is -0.366 e. The van der Waals surface area contributed by atoms with Gasteiger partial charge in [0.2, 0.25) is 0 Å². The lowest BCUT2D eigenvalue weighted by Gasteiger charge is -2.22. The number of carbonyl (C=O) groups is 2. The maximum absolute atomic E-state index is 12.0. The zero-order valence-corrected chi connectivity index (χ0v) is 13.3. The van der Waals surface area contributed by atoms with Crippen LogP contribution in [0.1, 0.15) is 10.4 Å². The fourth-order valence-corrected chi connectivity index (χ4v) is 1.94. The van der Waals surface area contributed by atoms with Crippen LogP contribution in [-0.4, -0.2) is 50.3 Å². The average molecular weight is 368 g/mol. The van der Waals surface area contributed by atoms with Crippen LogP contribution < -0.4 is 16.0 Å². The van der Waals surface area contributed by atoms with Crippen molar-refractivity contribution in [3.63, 3.8) is 0 Å². The van der Waals surface area contributed by atoms with Crippen LogP contribution in [0.25, 0.3) is 0 Å². The summed E-state index contributed by atoms with van der Waals surface area (Å²) in [6, 6.07) is 5.55. The summed E-state index contributed by atoms with van der Waals surface area (Å²) in [6.45, 7) is 0.141. The number of carbonyl (C=O) groups excluding carboxylic acids is 2. The molecular formula is C14H17ClF3N3O3. The van der Waals surface area contributed by atoms with Crippen molar-refractivity contribution in [2.45, 2.75) is 12.3 Å². The molecule has 24 heavy (non-hydrogen) atoms. The Labute approximate surface area is 142 Å². The molecule has 0 spiro atoms. The molecule has 0 saturated carbocycles. The fourth-order valence-electron chi connectivity index (χ4n) is 1.94. The molecule has 6 nitrogen and oxygen atoms in total. The Kier molecular flexibility index (Phi) is 7.46. The van der Waals surface area contributed by atoms with E-state index in [2.05, 4.69) is 10.6 Å². The predicted octanol–water partition coefficient (Wildman–Crippen LogP) is 1.33. The van der Waals surface area contributed by atoms with Gasteiger partial charge in [-0.2, -0.15) is 13.2 Å². The number of hydrogen-bond acceptors (Lipinski definition) is 4. The summed E-state index contributed by atoms with van der Waals surface area (Å²) in [6.07, 6.45) is -5.06. The van der Waals surface area contributed by atoms with Crippen LogP contribution in [-0.2, 0) is 9.53 Å². The Balaban J connectivity index is 0.00000288. The summed E-state index contributed by atoms with van der Waals surface area (Å²) in [7, 11) is 0. The van der Waals surface area contributed by atoms with Crippen LogP contribution >= 0.6 is 12.4 Å². The molecule has 134 valence electrons. The van der Waals surface area contributed by atoms with Crippen molar-refractivity contribution in [2.75, 3.05) is 31.6 Å². The third-order valence-corrected chi connectivity index (χ3v) is 3.08. The quantitative estimate of drug-likeness (QED) is 0.750. The van der Waals surface area contributed by atoms with Gasteiger partial charge in [0.15, 0.2) is 0 Å². The normalized spacial score (nSPS) is 17.5. The minimum absolute atomic E-state index is 0. The monoisotopic (exact) mass is 367 g/mol. The smallest absolute Gasteiger partial charge is 0.366 e. The number of alkyl halides is 3. The Morgan fingerprint density at radius 2 is 1.92 bits per heavy atom. The summed E-state index contributed by atoms with van der Waals surface area (Å²) in [5.41, 5.74) is 0.499. The lowest BCUT2D eigenvalue weighted by Crippen LogP contribution is -2.45. The van der Waals surface area contributed by atoms with Crippen molar-refractivity contribution < 1.29 is 27.5 Å². The number of halogens is 4. The van der Waals surface area contributed by atoms with Crippen LogP contribution in [0.3, 0.4) is 0 Å². The number of ether oxygens (including phenoxy) is 1. The average Bonchev–Trinajstić information content (AvgIpc) is 2.53. The molecule has 1 aromatic rings. The number of rotatable bonds is 4. The highest BCUT2D eigenvalue weighted by Crippen LogP contribution is 2.14. The first-order chi connectivity index (χ1) is 10.8. The Bertz CT molecular complexity index is 561. The molecule has 1 saturated heterocycles. The molecule has 1 aliphatic heterocycles. The van der Waals surface area contributed by atoms with Crippen molar-refractivity contribution in [3.8, 4) is 0 Å². The summed E-state index contributed by atoms with van der Waals surface area (Å²) in [5, 5.41) is 7.41. The SMILES string of the molecule is Cl.O=C(NCC(F)(F)F)c1ccc(NC(=O)C2CNCCO2)cc1. The molecule has 2 amide bonds. The molecule has 1 fully saturated rings. The number of benzene rings is 1. The number of morpholine rings is 1. The second kappa shape index (κ2) is 8.86. The standard InChI is InChI=1S/C14H16F3N3O3.ClH/c15-14(16,17)8-19-12(21)9-1-3-10(4-2-9)20-13(22)11-7-18-5-6-23-11;/h1-4,11,18H,5-8H2,(H,19,21)(H,20,22);1H. The van der Waals surface area contributed by atoms with Crippen LogP contribution in [0.2, 0.25) is 0 Å². The van der Waals surface area contributed by atoms with Crippen LogP contribution in [0.15, 0.2) is 24.3 Å². The molecule has 0 radical (unpaired) electrons. The first-order valence-electron chi connectivity index (χ1n) is 6.93. The van der Waals surface area contributed by atoms with E-state index in [0.717, 1.165) is 0 Å². The van der Waals surface area contributed by atoms with Crippen molar-refractivity contribution in [3.05, 3.63) is 29.8 Å². The van der Waals surface area contributed by atoms with Crippen LogP contribution in [0.5, 0.6) is 0 Å². The summed E-state index contributed by atoms with van der Waals surface area (Å²) >= 11 is 0. The maximum atomic E-state index is 12.0. The molecule has 1 atom stereocenters. The van der Waals surface area contributed by atoms with Crippen molar-refractivity contribution in [2.24, 2.45) is 0 Å². The van der Waals surface area contributed by atoms with Gasteiger partial charge in [-0.25, -0.2) is 0 Å². The van der Waals surface area contributed by atoms with E-state index in [1.807, 2.05) is 0 Å². The molecule has 3 N–H and O–H groups in total. The predicted molar refractivity (Wildman–Crippen MR) is 83.3 cm³/mol. The van der Waals surface area contributed by atoms with Gasteiger partial charge in [-0.05, 0) is 24.3 Å². The third kappa shape index (κ3) is 6.34. The minimum atomic E-state index is -4.46. The second-order valence-electron chi connectivity index (χ2n) is 4.93. The summed E-state index contributed by atoms with van der Waals surface area (Å²) in [5.74, 6) is -1.16. The largest absolute Gasteiger partial charge is 0.405 e. The molecule has 1 unspecified atom stereocenters. The van der Waals surface area contributed by atoms with Crippen LogP contribution in [0, 0.1) is 0 Å². The Morgan fingerprint density at radius 3 is 2.46 bits per heavy atom. The third-order valence-electron chi connectivity index (χ3n) is 3.08. The van der Waals surface area contributed by atoms with E-state index in [1.54, 1.807) is 5.32 Å². The first kappa shape index (κ1) is 20.2. The number of anilines is 1. The van der Waals surface area contributed by atoms with Gasteiger partial charge in [0.05, 0.1) is 6.61 Å². The van der Waals surface area contributed by atoms with Gasteiger partial charge in [-0.3, -0.25) is 9.59 Å². The van der Waals surface area contributed by atoms with Crippen LogP contribution in [0.4, 0.5) is 18.9 Å². The first-order valence-corrected chi connectivity index (χ1v) is 6.93. The molecule has 1 heterocycles. The van der Waals surface area contributed by atoms with E-state index in [-0.39, 0.29) is 23.9 Å². The molecule has 1 aromatic carbocycles. The van der Waals surface area contributed by atoms with E-state index >= 15 is 0 Å². The number of nitrogens with one attached hydrogen (secondary N) is 3. The van der Waals surface area contributed by atoms with Gasteiger partial charge in [-0.1, -0.05) is 0 Å². The maximum Gasteiger partial charge on any atom is 0.405 e. The lowest BCUT2D eigenvalue weighted by atomic mass is 10.2. The molecule has 1 aliphatic rings. The fraction of sp³-hybridized carbons (Fsp3) is 0.429. The Hall–Kier alpha value is -1.84. The van der Waals surface area contributed by atoms with Gasteiger partial charge >= 0.3 is 6.18 Å². The second-order valence-corrected chi connectivity index (χ2v) is 4.93. The van der Waals surface area contributed by atoms with E-state index in [4.69, 9.17) is 4.74 Å². The Morgan fingerprint density at radius 1 is 1.25 bits per heavy atom. The highest BCUT2D eigenvalue weighted by Gasteiger charge is 2.28. The number of amides is 2. The van der Waals surface area contributed by atoms with E-state index in [9.17, 15) is 22.8 Å². The summed E-state index contributed by atoms with van der Waals surface area (Å²) < 4.78 is 41.4. The molecule has 0 bridgehead atoms. The van der Waals surface area contributed by atoms with Crippen molar-refractivity contribution >= 4 is 29.9 Å². The summed E-state index contributed by atoms with van der Waals surface area (Å²) in [4.78, 5) is 23.5. The van der Waals surface area contributed by atoms with Gasteiger partial charge in [0, 0.05) is 24.3 Å². The molecule has 0 aromatic heterocycles. The highest BCUT2D eigenvalue weighted by molar-refractivity contribution is 5.97. The van der Waals surface area contributed by atoms with Gasteiger partial charge < -0.3 is 20.7 Å². The van der Waals surface area contributed by atoms with E-state index in [1.165, 1.54) is 24.3 Å². The van der Waals surface area contributed by atoms with Gasteiger partial charge in [0.1, 0.15) is 12.6 Å².